The Bertz CT molecular complexity index is 2240. The SMILES string of the molecule is C=CC(O)c1c(C)c2cc3[nH]c(cc4nc(cc5nc(cc1[nH]2)C(C)=C5CCC(=O)OC)C(CCC(=O)OC)=C4C)c(C)c3C(OC(C)=O)C(F)(F)F. The molecule has 5 rings (SSSR count). The molecule has 2 aliphatic heterocycles. The molecular formula is C39H41F3N4O7. The Morgan fingerprint density at radius 1 is 0.774 bits per heavy atom. The lowest BCUT2D eigenvalue weighted by atomic mass is 9.98. The number of aromatic amines is 2. The molecule has 0 aliphatic carbocycles. The van der Waals surface area contributed by atoms with E-state index in [0.29, 0.717) is 62.5 Å². The maximum absolute atomic E-state index is 14.7. The third-order valence-electron chi connectivity index (χ3n) is 9.61. The molecule has 3 aromatic heterocycles. The summed E-state index contributed by atoms with van der Waals surface area (Å²) in [5.41, 5.74) is 6.68. The number of carbonyl (C=O) groups excluding carboxylic acids is 3. The van der Waals surface area contributed by atoms with E-state index in [2.05, 4.69) is 16.5 Å². The number of aliphatic hydroxyl groups is 1. The number of hydrogen-bond acceptors (Lipinski definition) is 9. The lowest BCUT2D eigenvalue weighted by molar-refractivity contribution is -0.222. The van der Waals surface area contributed by atoms with Gasteiger partial charge in [0.15, 0.2) is 0 Å². The molecule has 0 amide bonds. The number of nitrogens with one attached hydrogen (secondary N) is 2. The van der Waals surface area contributed by atoms with Crippen LogP contribution < -0.4 is 0 Å². The molecule has 0 fully saturated rings. The molecule has 11 nitrogen and oxygen atoms in total. The van der Waals surface area contributed by atoms with E-state index in [1.165, 1.54) is 33.3 Å². The highest BCUT2D eigenvalue weighted by molar-refractivity contribution is 5.96. The van der Waals surface area contributed by atoms with Crippen LogP contribution in [0.3, 0.4) is 0 Å². The monoisotopic (exact) mass is 734 g/mol. The fourth-order valence-electron chi connectivity index (χ4n) is 6.73. The molecule has 0 aromatic carbocycles. The number of esters is 3. The van der Waals surface area contributed by atoms with E-state index in [-0.39, 0.29) is 41.4 Å². The van der Waals surface area contributed by atoms with Crippen molar-refractivity contribution in [3.8, 4) is 0 Å². The number of aryl methyl sites for hydroxylation is 2. The van der Waals surface area contributed by atoms with Crippen molar-refractivity contribution in [1.82, 2.24) is 19.9 Å². The summed E-state index contributed by atoms with van der Waals surface area (Å²) in [4.78, 5) is 52.7. The van der Waals surface area contributed by atoms with Crippen molar-refractivity contribution in [3.63, 3.8) is 0 Å². The first-order chi connectivity index (χ1) is 25.0. The van der Waals surface area contributed by atoms with Gasteiger partial charge in [0.05, 0.1) is 43.1 Å². The summed E-state index contributed by atoms with van der Waals surface area (Å²) in [6.07, 6.45) is -6.74. The van der Waals surface area contributed by atoms with Crippen molar-refractivity contribution in [2.45, 2.75) is 78.7 Å². The van der Waals surface area contributed by atoms with Crippen LogP contribution in [0.2, 0.25) is 0 Å². The van der Waals surface area contributed by atoms with Gasteiger partial charge in [-0.3, -0.25) is 14.4 Å². The van der Waals surface area contributed by atoms with Crippen molar-refractivity contribution in [2.75, 3.05) is 14.2 Å². The van der Waals surface area contributed by atoms with E-state index < -0.39 is 36.3 Å². The predicted octanol–water partition coefficient (Wildman–Crippen LogP) is 8.09. The quantitative estimate of drug-likeness (QED) is 0.106. The van der Waals surface area contributed by atoms with Gasteiger partial charge in [0.1, 0.15) is 0 Å². The highest BCUT2D eigenvalue weighted by Crippen LogP contribution is 2.43. The standard InChI is InChI=1S/C39H41F3N4O7/c1-9-33(48)36-20(4)28-16-32-37(38(39(40,41)42)53-22(6)47)21(5)27(46-32)14-25-18(2)23(10-12-34(49)51-7)29(43-25)17-30-24(11-13-35(50)52-8)19(3)26(44-30)15-31(36)45-28/h9,14-17,33,38,45-46,48H,1,10-13H2,2-8H3. The third-order valence-corrected chi connectivity index (χ3v) is 9.61. The van der Waals surface area contributed by atoms with Gasteiger partial charge in [0.25, 0.3) is 0 Å². The fraction of sp³-hybridized carbons (Fsp3) is 0.359. The Kier molecular flexibility index (Phi) is 11.1. The molecular weight excluding hydrogens is 693 g/mol. The fourth-order valence-corrected chi connectivity index (χ4v) is 6.73. The minimum absolute atomic E-state index is 0.0110. The average Bonchev–Trinajstić information content (AvgIpc) is 3.77. The molecule has 0 saturated heterocycles. The number of methoxy groups -OCH3 is 2. The first-order valence-corrected chi connectivity index (χ1v) is 16.8. The number of fused-ring (bicyclic) bond motifs is 8. The summed E-state index contributed by atoms with van der Waals surface area (Å²) < 4.78 is 58.7. The molecule has 2 unspecified atom stereocenters. The lowest BCUT2D eigenvalue weighted by Gasteiger charge is -2.20. The highest BCUT2D eigenvalue weighted by Gasteiger charge is 2.46. The molecule has 0 spiro atoms. The van der Waals surface area contributed by atoms with Crippen molar-refractivity contribution in [1.29, 1.82) is 0 Å². The zero-order valence-electron chi connectivity index (χ0n) is 30.5. The van der Waals surface area contributed by atoms with Crippen LogP contribution in [0.4, 0.5) is 13.2 Å². The summed E-state index contributed by atoms with van der Waals surface area (Å²) in [7, 11) is 2.60. The van der Waals surface area contributed by atoms with Gasteiger partial charge in [-0.2, -0.15) is 13.2 Å². The van der Waals surface area contributed by atoms with Gasteiger partial charge in [-0.15, -0.1) is 6.58 Å². The van der Waals surface area contributed by atoms with Crippen molar-refractivity contribution in [2.24, 2.45) is 0 Å². The Balaban J connectivity index is 1.97. The number of halogens is 3. The number of hydrogen-bond donors (Lipinski definition) is 3. The molecule has 280 valence electrons. The van der Waals surface area contributed by atoms with Gasteiger partial charge in [-0.1, -0.05) is 6.08 Å². The van der Waals surface area contributed by atoms with Gasteiger partial charge >= 0.3 is 24.1 Å². The van der Waals surface area contributed by atoms with Crippen LogP contribution in [-0.2, 0) is 28.6 Å². The number of nitrogens with zero attached hydrogens (tertiary/aromatic N) is 2. The normalized spacial score (nSPS) is 14.2. The number of alkyl halides is 3. The number of H-pyrrole nitrogens is 2. The lowest BCUT2D eigenvalue weighted by Crippen LogP contribution is -2.25. The second kappa shape index (κ2) is 15.2. The number of aromatic nitrogens is 4. The maximum atomic E-state index is 14.7. The Morgan fingerprint density at radius 2 is 1.23 bits per heavy atom. The van der Waals surface area contributed by atoms with Crippen molar-refractivity contribution in [3.05, 3.63) is 81.9 Å². The van der Waals surface area contributed by atoms with E-state index in [4.69, 9.17) is 24.2 Å². The van der Waals surface area contributed by atoms with E-state index in [1.54, 1.807) is 32.0 Å². The van der Waals surface area contributed by atoms with Crippen LogP contribution in [-0.4, -0.2) is 63.3 Å². The first-order valence-electron chi connectivity index (χ1n) is 16.8. The van der Waals surface area contributed by atoms with Crippen molar-refractivity contribution >= 4 is 62.3 Å². The van der Waals surface area contributed by atoms with Gasteiger partial charge in [0.2, 0.25) is 6.10 Å². The molecule has 0 saturated carbocycles. The smallest absolute Gasteiger partial charge is 0.429 e. The second-order valence-corrected chi connectivity index (χ2v) is 12.9. The summed E-state index contributed by atoms with van der Waals surface area (Å²) in [6, 6.07) is 6.57. The first kappa shape index (κ1) is 38.7. The molecule has 3 aromatic rings. The van der Waals surface area contributed by atoms with E-state index in [0.717, 1.165) is 18.1 Å². The largest absolute Gasteiger partial charge is 0.469 e. The number of rotatable bonds is 10. The van der Waals surface area contributed by atoms with E-state index in [1.807, 2.05) is 6.92 Å². The number of carbonyl (C=O) groups is 3. The van der Waals surface area contributed by atoms with Crippen LogP contribution in [0.15, 0.2) is 36.9 Å². The second-order valence-electron chi connectivity index (χ2n) is 12.9. The predicted molar refractivity (Wildman–Crippen MR) is 194 cm³/mol. The number of allylic oxidation sites excluding steroid dienone is 4. The number of aliphatic hydroxyl groups excluding tert-OH is 1. The van der Waals surface area contributed by atoms with Gasteiger partial charge in [-0.25, -0.2) is 9.97 Å². The van der Waals surface area contributed by atoms with Crippen LogP contribution in [0.1, 0.15) is 104 Å². The maximum Gasteiger partial charge on any atom is 0.429 e. The minimum atomic E-state index is -4.97. The van der Waals surface area contributed by atoms with Crippen LogP contribution in [0.25, 0.3) is 44.4 Å². The minimum Gasteiger partial charge on any atom is -0.469 e. The Labute approximate surface area is 303 Å². The van der Waals surface area contributed by atoms with Crippen molar-refractivity contribution < 1.29 is 46.9 Å². The molecule has 53 heavy (non-hydrogen) atoms. The zero-order valence-corrected chi connectivity index (χ0v) is 30.5. The average molecular weight is 735 g/mol. The highest BCUT2D eigenvalue weighted by atomic mass is 19.4. The number of ether oxygens (including phenoxy) is 3. The molecule has 2 atom stereocenters. The molecule has 14 heteroatoms. The van der Waals surface area contributed by atoms with E-state index >= 15 is 0 Å². The topological polar surface area (TPSA) is 156 Å². The summed E-state index contributed by atoms with van der Waals surface area (Å²) in [6.45, 7) is 11.5. The summed E-state index contributed by atoms with van der Waals surface area (Å²) in [5.74, 6) is -1.96. The molecule has 8 bridgehead atoms. The summed E-state index contributed by atoms with van der Waals surface area (Å²) >= 11 is 0. The Hall–Kier alpha value is -5.50. The van der Waals surface area contributed by atoms with Gasteiger partial charge in [0, 0.05) is 53.0 Å². The van der Waals surface area contributed by atoms with Crippen LogP contribution in [0, 0.1) is 13.8 Å². The third kappa shape index (κ3) is 7.82. The molecule has 2 aliphatic rings. The van der Waals surface area contributed by atoms with Gasteiger partial charge in [-0.05, 0) is 98.2 Å². The molecule has 0 radical (unpaired) electrons. The molecule has 3 N–H and O–H groups in total. The summed E-state index contributed by atoms with van der Waals surface area (Å²) in [5, 5.41) is 11.1. The van der Waals surface area contributed by atoms with Crippen LogP contribution in [0.5, 0.6) is 0 Å². The Morgan fingerprint density at radius 3 is 1.68 bits per heavy atom. The van der Waals surface area contributed by atoms with Crippen LogP contribution >= 0.6 is 0 Å². The molecule has 5 heterocycles. The van der Waals surface area contributed by atoms with Gasteiger partial charge < -0.3 is 29.3 Å². The van der Waals surface area contributed by atoms with E-state index in [9.17, 15) is 32.7 Å². The zero-order chi connectivity index (χ0) is 38.9.